The van der Waals surface area contributed by atoms with Gasteiger partial charge in [-0.15, -0.1) is 0 Å². The molecule has 0 radical (unpaired) electrons. The van der Waals surface area contributed by atoms with Crippen molar-refractivity contribution in [3.05, 3.63) is 59.7 Å². The number of hydrogen-bond donors (Lipinski definition) is 0. The van der Waals surface area contributed by atoms with E-state index in [1.807, 2.05) is 0 Å². The Labute approximate surface area is 170 Å². The first-order valence-corrected chi connectivity index (χ1v) is 10.3. The van der Waals surface area contributed by atoms with Crippen molar-refractivity contribution in [2.45, 2.75) is 6.04 Å². The lowest BCUT2D eigenvalue weighted by Gasteiger charge is -2.39. The van der Waals surface area contributed by atoms with E-state index >= 15 is 0 Å². The van der Waals surface area contributed by atoms with Crippen LogP contribution in [0.4, 0.5) is 0 Å². The van der Waals surface area contributed by atoms with E-state index in [1.54, 1.807) is 9.80 Å². The minimum atomic E-state index is -0.390. The predicted molar refractivity (Wildman–Crippen MR) is 109 cm³/mol. The molecule has 2 heterocycles. The molecule has 2 fully saturated rings. The van der Waals surface area contributed by atoms with Gasteiger partial charge in [0.2, 0.25) is 0 Å². The number of hydrogen-bond acceptors (Lipinski definition) is 4. The summed E-state index contributed by atoms with van der Waals surface area (Å²) in [6.07, 6.45) is 0. The molecule has 2 amide bonds. The number of rotatable bonds is 1. The van der Waals surface area contributed by atoms with Crippen molar-refractivity contribution >= 4 is 11.8 Å². The van der Waals surface area contributed by atoms with Crippen molar-refractivity contribution in [3.63, 3.8) is 0 Å². The zero-order valence-electron chi connectivity index (χ0n) is 16.4. The molecule has 0 atom stereocenters. The minimum absolute atomic E-state index is 0.217. The summed E-state index contributed by atoms with van der Waals surface area (Å²) < 4.78 is 5.28. The Bertz CT molecular complexity index is 885. The molecule has 0 spiro atoms. The van der Waals surface area contributed by atoms with Crippen molar-refractivity contribution in [3.8, 4) is 11.1 Å². The number of benzene rings is 2. The van der Waals surface area contributed by atoms with E-state index in [1.165, 1.54) is 22.3 Å². The molecule has 1 aliphatic carbocycles. The smallest absolute Gasteiger partial charge is 0.312 e. The van der Waals surface area contributed by atoms with Gasteiger partial charge in [-0.1, -0.05) is 48.5 Å². The largest absolute Gasteiger partial charge is 0.378 e. The fraction of sp³-hybridized carbons (Fsp3) is 0.391. The number of carbonyl (C=O) groups is 2. The zero-order chi connectivity index (χ0) is 19.8. The lowest BCUT2D eigenvalue weighted by Crippen LogP contribution is -2.55. The minimum Gasteiger partial charge on any atom is -0.378 e. The summed E-state index contributed by atoms with van der Waals surface area (Å²) in [5.41, 5.74) is 5.26. The van der Waals surface area contributed by atoms with E-state index in [-0.39, 0.29) is 11.9 Å². The van der Waals surface area contributed by atoms with E-state index in [4.69, 9.17) is 4.74 Å². The number of nitrogens with zero attached hydrogens (tertiary/aromatic N) is 3. The second kappa shape index (κ2) is 7.61. The third-order valence-electron chi connectivity index (χ3n) is 6.25. The zero-order valence-corrected chi connectivity index (χ0v) is 16.4. The third kappa shape index (κ3) is 3.22. The second-order valence-corrected chi connectivity index (χ2v) is 7.81. The van der Waals surface area contributed by atoms with Crippen LogP contribution in [-0.4, -0.2) is 79.0 Å². The quantitative estimate of drug-likeness (QED) is 0.696. The first-order valence-electron chi connectivity index (χ1n) is 10.3. The van der Waals surface area contributed by atoms with Crippen LogP contribution in [0.3, 0.4) is 0 Å². The molecule has 0 N–H and O–H groups in total. The van der Waals surface area contributed by atoms with Gasteiger partial charge in [-0.2, -0.15) is 0 Å². The predicted octanol–water partition coefficient (Wildman–Crippen LogP) is 1.76. The van der Waals surface area contributed by atoms with Gasteiger partial charge < -0.3 is 14.5 Å². The molecule has 150 valence electrons. The Morgan fingerprint density at radius 2 is 1.17 bits per heavy atom. The molecule has 3 aliphatic rings. The Kier molecular flexibility index (Phi) is 4.81. The molecule has 29 heavy (non-hydrogen) atoms. The number of piperazine rings is 1. The van der Waals surface area contributed by atoms with E-state index < -0.39 is 5.91 Å². The van der Waals surface area contributed by atoms with Crippen LogP contribution in [0.1, 0.15) is 17.2 Å². The van der Waals surface area contributed by atoms with Gasteiger partial charge in [0.05, 0.1) is 19.3 Å². The van der Waals surface area contributed by atoms with Crippen LogP contribution < -0.4 is 0 Å². The first kappa shape index (κ1) is 18.3. The maximum atomic E-state index is 12.7. The van der Waals surface area contributed by atoms with Crippen LogP contribution in [-0.2, 0) is 14.3 Å². The van der Waals surface area contributed by atoms with Gasteiger partial charge in [-0.05, 0) is 22.3 Å². The summed E-state index contributed by atoms with van der Waals surface area (Å²) in [5, 5.41) is 0. The van der Waals surface area contributed by atoms with E-state index in [0.29, 0.717) is 39.4 Å². The molecule has 2 aromatic rings. The molecule has 0 bridgehead atoms. The van der Waals surface area contributed by atoms with Gasteiger partial charge in [0.25, 0.3) is 0 Å². The lowest BCUT2D eigenvalue weighted by molar-refractivity contribution is -0.155. The summed E-state index contributed by atoms with van der Waals surface area (Å²) in [5.74, 6) is -0.767. The van der Waals surface area contributed by atoms with Crippen molar-refractivity contribution in [2.75, 3.05) is 52.5 Å². The Morgan fingerprint density at radius 1 is 0.690 bits per heavy atom. The average molecular weight is 391 g/mol. The topological polar surface area (TPSA) is 53.1 Å². The second-order valence-electron chi connectivity index (χ2n) is 7.81. The third-order valence-corrected chi connectivity index (χ3v) is 6.25. The average Bonchev–Trinajstić information content (AvgIpc) is 3.13. The highest BCUT2D eigenvalue weighted by atomic mass is 16.5. The van der Waals surface area contributed by atoms with Gasteiger partial charge in [0.1, 0.15) is 0 Å². The van der Waals surface area contributed by atoms with Crippen LogP contribution in [0.25, 0.3) is 11.1 Å². The Balaban J connectivity index is 1.30. The molecular formula is C23H25N3O3. The molecule has 2 saturated heterocycles. The Hall–Kier alpha value is -2.70. The first-order chi connectivity index (χ1) is 14.2. The van der Waals surface area contributed by atoms with Crippen molar-refractivity contribution in [1.29, 1.82) is 0 Å². The Morgan fingerprint density at radius 3 is 1.72 bits per heavy atom. The highest BCUT2D eigenvalue weighted by Gasteiger charge is 2.36. The molecule has 5 rings (SSSR count). The molecule has 0 aromatic heterocycles. The van der Waals surface area contributed by atoms with Crippen LogP contribution in [0.5, 0.6) is 0 Å². The molecule has 2 aromatic carbocycles. The van der Waals surface area contributed by atoms with Crippen LogP contribution in [0.2, 0.25) is 0 Å². The fourth-order valence-corrected chi connectivity index (χ4v) is 4.74. The summed E-state index contributed by atoms with van der Waals surface area (Å²) in [4.78, 5) is 31.0. The highest BCUT2D eigenvalue weighted by molar-refractivity contribution is 6.34. The molecule has 6 nitrogen and oxygen atoms in total. The monoisotopic (exact) mass is 391 g/mol. The molecule has 6 heteroatoms. The molecule has 0 saturated carbocycles. The van der Waals surface area contributed by atoms with E-state index in [2.05, 4.69) is 53.4 Å². The fourth-order valence-electron chi connectivity index (χ4n) is 4.74. The van der Waals surface area contributed by atoms with Crippen molar-refractivity contribution in [2.24, 2.45) is 0 Å². The van der Waals surface area contributed by atoms with Crippen LogP contribution in [0, 0.1) is 0 Å². The molecule has 0 unspecified atom stereocenters. The normalized spacial score (nSPS) is 19.7. The molecular weight excluding hydrogens is 366 g/mol. The maximum Gasteiger partial charge on any atom is 0.312 e. The summed E-state index contributed by atoms with van der Waals surface area (Å²) in [7, 11) is 0. The van der Waals surface area contributed by atoms with Crippen molar-refractivity contribution < 1.29 is 14.3 Å². The van der Waals surface area contributed by atoms with Gasteiger partial charge in [0, 0.05) is 39.3 Å². The number of fused-ring (bicyclic) bond motifs is 3. The van der Waals surface area contributed by atoms with Crippen LogP contribution in [0.15, 0.2) is 48.5 Å². The number of morpholine rings is 1. The van der Waals surface area contributed by atoms with Crippen molar-refractivity contribution in [1.82, 2.24) is 14.7 Å². The van der Waals surface area contributed by atoms with Gasteiger partial charge in [-0.3, -0.25) is 14.5 Å². The number of amides is 2. The highest BCUT2D eigenvalue weighted by Crippen LogP contribution is 2.46. The van der Waals surface area contributed by atoms with Crippen LogP contribution >= 0.6 is 0 Å². The maximum absolute atomic E-state index is 12.7. The van der Waals surface area contributed by atoms with Gasteiger partial charge in [-0.25, -0.2) is 0 Å². The standard InChI is InChI=1S/C23H25N3O3/c27-22(23(28)26-13-15-29-16-14-26)25-11-9-24(10-12-25)21-19-7-3-1-5-17(19)18-6-2-4-8-20(18)21/h1-8,21H,9-16H2. The van der Waals surface area contributed by atoms with Gasteiger partial charge >= 0.3 is 11.8 Å². The van der Waals surface area contributed by atoms with E-state index in [9.17, 15) is 9.59 Å². The number of ether oxygens (including phenoxy) is 1. The summed E-state index contributed by atoms with van der Waals surface area (Å²) >= 11 is 0. The van der Waals surface area contributed by atoms with E-state index in [0.717, 1.165) is 13.1 Å². The lowest BCUT2D eigenvalue weighted by atomic mass is 10.0. The summed E-state index contributed by atoms with van der Waals surface area (Å²) in [6.45, 7) is 4.69. The van der Waals surface area contributed by atoms with Gasteiger partial charge in [0.15, 0.2) is 0 Å². The summed E-state index contributed by atoms with van der Waals surface area (Å²) in [6, 6.07) is 17.4. The SMILES string of the molecule is O=C(C(=O)N1CCN(C2c3ccccc3-c3ccccc32)CC1)N1CCOCC1. The number of carbonyl (C=O) groups excluding carboxylic acids is 2. The molecule has 2 aliphatic heterocycles.